The number of aryl methyl sites for hydroxylation is 1. The van der Waals surface area contributed by atoms with Gasteiger partial charge in [-0.1, -0.05) is 62.7 Å². The molecule has 2 aromatic carbocycles. The molecule has 2 aliphatic rings. The SMILES string of the molecule is Cc1nc(-c2cc([C@@H](COC(=O)NC3CC3)N3C(=O)C(CC(C)(C)C)(c4ccc(-c5cnn(C(F)F)c5)cc4)N=C3NC(=O)O)ccc2Cl)n[nH]1. The summed E-state index contributed by atoms with van der Waals surface area (Å²) in [5.74, 6) is -0.0304. The van der Waals surface area contributed by atoms with Crippen molar-refractivity contribution in [3.63, 3.8) is 0 Å². The second kappa shape index (κ2) is 13.7. The minimum Gasteiger partial charge on any atom is -0.465 e. The Kier molecular flexibility index (Phi) is 9.55. The molecule has 6 rings (SSSR count). The number of carboxylic acid groups (broad SMARTS) is 1. The maximum absolute atomic E-state index is 15.1. The van der Waals surface area contributed by atoms with Crippen LogP contribution in [-0.4, -0.2) is 71.7 Å². The summed E-state index contributed by atoms with van der Waals surface area (Å²) < 4.78 is 32.6. The highest BCUT2D eigenvalue weighted by Crippen LogP contribution is 2.46. The highest BCUT2D eigenvalue weighted by Gasteiger charge is 2.54. The summed E-state index contributed by atoms with van der Waals surface area (Å²) in [6, 6.07) is 10.4. The molecule has 2 atom stereocenters. The van der Waals surface area contributed by atoms with Gasteiger partial charge < -0.3 is 15.2 Å². The maximum atomic E-state index is 15.1. The Hall–Kier alpha value is -5.38. The van der Waals surface area contributed by atoms with E-state index in [2.05, 4.69) is 30.9 Å². The van der Waals surface area contributed by atoms with E-state index < -0.39 is 41.6 Å². The zero-order chi connectivity index (χ0) is 36.7. The number of alkyl carbamates (subject to hydrolysis) is 1. The monoisotopic (exact) mass is 723 g/mol. The molecule has 1 saturated carbocycles. The number of aromatic amines is 1. The van der Waals surface area contributed by atoms with E-state index in [1.165, 1.54) is 17.3 Å². The summed E-state index contributed by atoms with van der Waals surface area (Å²) >= 11 is 6.57. The molecule has 0 bridgehead atoms. The van der Waals surface area contributed by atoms with E-state index >= 15 is 4.79 Å². The number of H-pyrrole nitrogens is 1. The van der Waals surface area contributed by atoms with Crippen LogP contribution < -0.4 is 10.6 Å². The fourth-order valence-electron chi connectivity index (χ4n) is 6.05. The summed E-state index contributed by atoms with van der Waals surface area (Å²) in [6.45, 7) is 4.31. The molecule has 1 unspecified atom stereocenters. The first kappa shape index (κ1) is 35.4. The maximum Gasteiger partial charge on any atom is 0.411 e. The van der Waals surface area contributed by atoms with Crippen LogP contribution in [0.2, 0.25) is 5.02 Å². The molecule has 51 heavy (non-hydrogen) atoms. The number of hydrogen-bond donors (Lipinski definition) is 4. The van der Waals surface area contributed by atoms with Crippen molar-refractivity contribution in [2.24, 2.45) is 10.4 Å². The largest absolute Gasteiger partial charge is 0.465 e. The van der Waals surface area contributed by atoms with Crippen molar-refractivity contribution >= 4 is 35.7 Å². The molecular weight excluding hydrogens is 688 g/mol. The number of amides is 3. The van der Waals surface area contributed by atoms with Gasteiger partial charge in [0.25, 0.3) is 5.91 Å². The van der Waals surface area contributed by atoms with Crippen LogP contribution in [0.15, 0.2) is 59.9 Å². The molecule has 3 heterocycles. The highest BCUT2D eigenvalue weighted by atomic mass is 35.5. The van der Waals surface area contributed by atoms with Crippen LogP contribution in [0, 0.1) is 12.3 Å². The lowest BCUT2D eigenvalue weighted by Crippen LogP contribution is -2.49. The number of hydrogen-bond acceptors (Lipinski definition) is 8. The van der Waals surface area contributed by atoms with Crippen LogP contribution in [-0.2, 0) is 15.1 Å². The molecular formula is C34H36ClF2N9O5. The molecule has 1 aliphatic carbocycles. The third-order valence-corrected chi connectivity index (χ3v) is 8.73. The van der Waals surface area contributed by atoms with E-state index in [9.17, 15) is 23.5 Å². The zero-order valence-electron chi connectivity index (χ0n) is 28.2. The molecule has 2 aromatic heterocycles. The normalized spacial score (nSPS) is 18.2. The van der Waals surface area contributed by atoms with E-state index in [-0.39, 0.29) is 30.9 Å². The Morgan fingerprint density at radius 2 is 1.88 bits per heavy atom. The first-order chi connectivity index (χ1) is 24.1. The van der Waals surface area contributed by atoms with Gasteiger partial charge in [0.1, 0.15) is 12.4 Å². The van der Waals surface area contributed by atoms with Crippen molar-refractivity contribution in [2.75, 3.05) is 6.61 Å². The zero-order valence-corrected chi connectivity index (χ0v) is 28.9. The number of nitrogens with zero attached hydrogens (tertiary/aromatic N) is 6. The minimum absolute atomic E-state index is 0.00148. The Morgan fingerprint density at radius 1 is 1.16 bits per heavy atom. The van der Waals surface area contributed by atoms with Crippen LogP contribution in [0.4, 0.5) is 18.4 Å². The van der Waals surface area contributed by atoms with Crippen molar-refractivity contribution in [1.29, 1.82) is 0 Å². The third kappa shape index (κ3) is 7.70. The third-order valence-electron chi connectivity index (χ3n) is 8.40. The van der Waals surface area contributed by atoms with Crippen LogP contribution in [0.1, 0.15) is 69.6 Å². The quantitative estimate of drug-likeness (QED) is 0.145. The summed E-state index contributed by atoms with van der Waals surface area (Å²) in [4.78, 5) is 50.5. The van der Waals surface area contributed by atoms with Gasteiger partial charge in [0, 0.05) is 23.4 Å². The fraction of sp³-hybridized carbons (Fsp3) is 0.382. The smallest absolute Gasteiger partial charge is 0.411 e. The Balaban J connectivity index is 1.45. The van der Waals surface area contributed by atoms with Gasteiger partial charge in [-0.3, -0.25) is 20.1 Å². The number of carbonyl (C=O) groups is 3. The number of nitrogens with one attached hydrogen (secondary N) is 3. The second-order valence-electron chi connectivity index (χ2n) is 13.7. The Labute approximate surface area is 296 Å². The van der Waals surface area contributed by atoms with E-state index in [4.69, 9.17) is 21.3 Å². The Morgan fingerprint density at radius 3 is 2.47 bits per heavy atom. The van der Waals surface area contributed by atoms with E-state index in [1.807, 2.05) is 20.8 Å². The Bertz CT molecular complexity index is 1990. The summed E-state index contributed by atoms with van der Waals surface area (Å²) in [7, 11) is 0. The topological polar surface area (TPSA) is 180 Å². The average Bonchev–Trinajstić information content (AvgIpc) is 3.43. The molecule has 0 saturated heterocycles. The summed E-state index contributed by atoms with van der Waals surface area (Å²) in [5, 5.41) is 26.0. The number of benzene rings is 2. The average molecular weight is 724 g/mol. The first-order valence-corrected chi connectivity index (χ1v) is 16.5. The molecule has 1 fully saturated rings. The van der Waals surface area contributed by atoms with Crippen LogP contribution in [0.25, 0.3) is 22.5 Å². The van der Waals surface area contributed by atoms with E-state index in [1.54, 1.807) is 49.4 Å². The van der Waals surface area contributed by atoms with Crippen molar-refractivity contribution in [3.8, 4) is 22.5 Å². The lowest BCUT2D eigenvalue weighted by Gasteiger charge is -2.35. The predicted molar refractivity (Wildman–Crippen MR) is 182 cm³/mol. The molecule has 0 radical (unpaired) electrons. The molecule has 3 amide bonds. The summed E-state index contributed by atoms with van der Waals surface area (Å²) in [6.07, 6.45) is 2.15. The number of carbonyl (C=O) groups excluding carboxylic acids is 2. The molecule has 268 valence electrons. The number of ether oxygens (including phenoxy) is 1. The first-order valence-electron chi connectivity index (χ1n) is 16.1. The molecule has 0 spiro atoms. The number of alkyl halides is 2. The highest BCUT2D eigenvalue weighted by molar-refractivity contribution is 6.33. The van der Waals surface area contributed by atoms with Crippen molar-refractivity contribution in [3.05, 3.63) is 76.8 Å². The second-order valence-corrected chi connectivity index (χ2v) is 14.1. The van der Waals surface area contributed by atoms with Gasteiger partial charge in [0.2, 0.25) is 5.96 Å². The fourth-order valence-corrected chi connectivity index (χ4v) is 6.25. The standard InChI is InChI=1S/C34H36ClF2N9O5/c1-18-39-27(44-43-18)24-13-20(7-12-25(24)35)26(16-51-32(50)40-23-10-11-23)46-28(47)34(17-33(2,3)4,42-30(46)41-31(48)49)22-8-5-19(6-9-22)21-14-38-45(15-21)29(36)37/h5-9,12-15,23,26,29H,10-11,16-17H2,1-4H3,(H,40,50)(H,41,42)(H,48,49)(H,39,43,44)/t26-,34?/m1/s1. The van der Waals surface area contributed by atoms with Gasteiger partial charge in [0.15, 0.2) is 11.4 Å². The molecule has 17 heteroatoms. The van der Waals surface area contributed by atoms with Gasteiger partial charge in [-0.2, -0.15) is 19.0 Å². The van der Waals surface area contributed by atoms with E-state index in [0.717, 1.165) is 12.8 Å². The number of aromatic nitrogens is 5. The van der Waals surface area contributed by atoms with Crippen LogP contribution in [0.5, 0.6) is 0 Å². The van der Waals surface area contributed by atoms with Gasteiger partial charge in [0.05, 0.1) is 17.3 Å². The van der Waals surface area contributed by atoms with E-state index in [0.29, 0.717) is 43.3 Å². The van der Waals surface area contributed by atoms with Crippen LogP contribution in [0.3, 0.4) is 0 Å². The lowest BCUT2D eigenvalue weighted by atomic mass is 9.75. The number of rotatable bonds is 10. The van der Waals surface area contributed by atoms with Gasteiger partial charge in [-0.25, -0.2) is 24.2 Å². The summed E-state index contributed by atoms with van der Waals surface area (Å²) in [5.41, 5.74) is 0.121. The lowest BCUT2D eigenvalue weighted by molar-refractivity contribution is -0.135. The van der Waals surface area contributed by atoms with Crippen molar-refractivity contribution < 1.29 is 33.0 Å². The molecule has 4 N–H and O–H groups in total. The van der Waals surface area contributed by atoms with Gasteiger partial charge in [-0.15, -0.1) is 0 Å². The minimum atomic E-state index is -2.81. The molecule has 1 aliphatic heterocycles. The molecule has 4 aromatic rings. The number of halogens is 3. The number of aliphatic imine (C=N–C) groups is 1. The van der Waals surface area contributed by atoms with Crippen LogP contribution >= 0.6 is 11.6 Å². The predicted octanol–water partition coefficient (Wildman–Crippen LogP) is 6.42. The number of guanidine groups is 1. The van der Waals surface area contributed by atoms with Crippen molar-refractivity contribution in [1.82, 2.24) is 40.5 Å². The van der Waals surface area contributed by atoms with Crippen molar-refractivity contribution in [2.45, 2.75) is 71.1 Å². The molecule has 14 nitrogen and oxygen atoms in total. The van der Waals surface area contributed by atoms with Gasteiger partial charge in [-0.05, 0) is 60.4 Å². The van der Waals surface area contributed by atoms with Gasteiger partial charge >= 0.3 is 18.7 Å².